The molecule has 104 valence electrons. The average molecular weight is 259 g/mol. The van der Waals surface area contributed by atoms with Crippen molar-refractivity contribution in [2.24, 2.45) is 0 Å². The zero-order valence-electron chi connectivity index (χ0n) is 11.6. The second-order valence-corrected chi connectivity index (χ2v) is 6.20. The number of aliphatic hydroxyl groups excluding tert-OH is 1. The molecule has 3 rings (SSSR count). The molecule has 2 nitrogen and oxygen atoms in total. The van der Waals surface area contributed by atoms with E-state index in [4.69, 9.17) is 0 Å². The molecule has 1 aromatic rings. The second kappa shape index (κ2) is 6.06. The molecule has 1 unspecified atom stereocenters. The van der Waals surface area contributed by atoms with Crippen molar-refractivity contribution in [1.82, 2.24) is 5.32 Å². The Morgan fingerprint density at radius 1 is 1.00 bits per heavy atom. The fourth-order valence-corrected chi connectivity index (χ4v) is 3.11. The quantitative estimate of drug-likeness (QED) is 0.848. The SMILES string of the molecule is OC(CNC1CC1)c1ccc(C2CCCCC2)cc1. The molecule has 1 aromatic carbocycles. The smallest absolute Gasteiger partial charge is 0.0914 e. The molecule has 2 saturated carbocycles. The molecule has 2 heteroatoms. The highest BCUT2D eigenvalue weighted by Gasteiger charge is 2.22. The summed E-state index contributed by atoms with van der Waals surface area (Å²) in [7, 11) is 0. The van der Waals surface area contributed by atoms with Crippen molar-refractivity contribution in [2.45, 2.75) is 63.0 Å². The highest BCUT2D eigenvalue weighted by Crippen LogP contribution is 2.33. The molecule has 2 N–H and O–H groups in total. The first kappa shape index (κ1) is 13.1. The number of benzene rings is 1. The average Bonchev–Trinajstić information content (AvgIpc) is 3.30. The molecule has 0 aromatic heterocycles. The predicted octanol–water partition coefficient (Wildman–Crippen LogP) is 3.52. The zero-order chi connectivity index (χ0) is 13.1. The van der Waals surface area contributed by atoms with E-state index in [2.05, 4.69) is 29.6 Å². The van der Waals surface area contributed by atoms with E-state index in [1.165, 1.54) is 50.5 Å². The van der Waals surface area contributed by atoms with Crippen LogP contribution in [0.4, 0.5) is 0 Å². The molecule has 0 saturated heterocycles. The molecule has 2 fully saturated rings. The third-order valence-electron chi connectivity index (χ3n) is 4.58. The van der Waals surface area contributed by atoms with Crippen LogP contribution in [0, 0.1) is 0 Å². The van der Waals surface area contributed by atoms with Crippen LogP contribution in [0.2, 0.25) is 0 Å². The summed E-state index contributed by atoms with van der Waals surface area (Å²) in [5.41, 5.74) is 2.51. The van der Waals surface area contributed by atoms with Gasteiger partial charge in [-0.1, -0.05) is 43.5 Å². The van der Waals surface area contributed by atoms with Gasteiger partial charge in [-0.15, -0.1) is 0 Å². The van der Waals surface area contributed by atoms with Gasteiger partial charge in [-0.25, -0.2) is 0 Å². The maximum atomic E-state index is 10.1. The van der Waals surface area contributed by atoms with Gasteiger partial charge < -0.3 is 10.4 Å². The van der Waals surface area contributed by atoms with Crippen molar-refractivity contribution >= 4 is 0 Å². The normalized spacial score (nSPS) is 22.4. The van der Waals surface area contributed by atoms with Crippen LogP contribution in [0.3, 0.4) is 0 Å². The summed E-state index contributed by atoms with van der Waals surface area (Å²) < 4.78 is 0. The molecule has 2 aliphatic carbocycles. The molecule has 0 amide bonds. The Morgan fingerprint density at radius 2 is 1.68 bits per heavy atom. The molecule has 0 bridgehead atoms. The number of rotatable bonds is 5. The van der Waals surface area contributed by atoms with E-state index < -0.39 is 0 Å². The topological polar surface area (TPSA) is 32.3 Å². The van der Waals surface area contributed by atoms with Crippen LogP contribution in [0.25, 0.3) is 0 Å². The minimum atomic E-state index is -0.360. The lowest BCUT2D eigenvalue weighted by molar-refractivity contribution is 0.174. The number of nitrogens with one attached hydrogen (secondary N) is 1. The summed E-state index contributed by atoms with van der Waals surface area (Å²) >= 11 is 0. The Hall–Kier alpha value is -0.860. The van der Waals surface area contributed by atoms with Gasteiger partial charge in [0.05, 0.1) is 6.10 Å². The largest absolute Gasteiger partial charge is 0.387 e. The summed E-state index contributed by atoms with van der Waals surface area (Å²) in [6, 6.07) is 9.35. The lowest BCUT2D eigenvalue weighted by atomic mass is 9.84. The molecule has 0 aliphatic heterocycles. The third-order valence-corrected chi connectivity index (χ3v) is 4.58. The van der Waals surface area contributed by atoms with E-state index >= 15 is 0 Å². The molecule has 0 heterocycles. The monoisotopic (exact) mass is 259 g/mol. The van der Waals surface area contributed by atoms with Gasteiger partial charge in [0.15, 0.2) is 0 Å². The Labute approximate surface area is 116 Å². The van der Waals surface area contributed by atoms with E-state index in [1.807, 2.05) is 0 Å². The Bertz CT molecular complexity index is 390. The first-order valence-electron chi connectivity index (χ1n) is 7.84. The van der Waals surface area contributed by atoms with Crippen molar-refractivity contribution in [3.8, 4) is 0 Å². The summed E-state index contributed by atoms with van der Waals surface area (Å²) in [4.78, 5) is 0. The summed E-state index contributed by atoms with van der Waals surface area (Å²) in [6.45, 7) is 0.688. The first-order chi connectivity index (χ1) is 9.33. The van der Waals surface area contributed by atoms with E-state index in [-0.39, 0.29) is 6.10 Å². The summed E-state index contributed by atoms with van der Waals surface area (Å²) in [5, 5.41) is 13.5. The summed E-state index contributed by atoms with van der Waals surface area (Å²) in [6.07, 6.45) is 9.01. The molecule has 0 radical (unpaired) electrons. The van der Waals surface area contributed by atoms with Crippen molar-refractivity contribution in [2.75, 3.05) is 6.54 Å². The summed E-state index contributed by atoms with van der Waals surface area (Å²) in [5.74, 6) is 0.754. The van der Waals surface area contributed by atoms with Gasteiger partial charge in [-0.3, -0.25) is 0 Å². The predicted molar refractivity (Wildman–Crippen MR) is 78.3 cm³/mol. The molecule has 0 spiro atoms. The van der Waals surface area contributed by atoms with Crippen LogP contribution < -0.4 is 5.32 Å². The molecule has 2 aliphatic rings. The third kappa shape index (κ3) is 3.58. The van der Waals surface area contributed by atoms with Gasteiger partial charge in [0.2, 0.25) is 0 Å². The van der Waals surface area contributed by atoms with Gasteiger partial charge in [0.1, 0.15) is 0 Å². The fourth-order valence-electron chi connectivity index (χ4n) is 3.11. The number of hydrogen-bond acceptors (Lipinski definition) is 2. The lowest BCUT2D eigenvalue weighted by Gasteiger charge is -2.22. The van der Waals surface area contributed by atoms with Gasteiger partial charge in [0, 0.05) is 12.6 Å². The highest BCUT2D eigenvalue weighted by molar-refractivity contribution is 5.27. The first-order valence-corrected chi connectivity index (χ1v) is 7.84. The minimum absolute atomic E-state index is 0.360. The zero-order valence-corrected chi connectivity index (χ0v) is 11.6. The fraction of sp³-hybridized carbons (Fsp3) is 0.647. The van der Waals surface area contributed by atoms with E-state index in [0.717, 1.165) is 11.5 Å². The Kier molecular flexibility index (Phi) is 4.19. The van der Waals surface area contributed by atoms with Crippen LogP contribution in [0.15, 0.2) is 24.3 Å². The Morgan fingerprint density at radius 3 is 2.32 bits per heavy atom. The van der Waals surface area contributed by atoms with Crippen molar-refractivity contribution in [1.29, 1.82) is 0 Å². The van der Waals surface area contributed by atoms with Crippen molar-refractivity contribution in [3.05, 3.63) is 35.4 Å². The minimum Gasteiger partial charge on any atom is -0.387 e. The van der Waals surface area contributed by atoms with Gasteiger partial charge in [0.25, 0.3) is 0 Å². The lowest BCUT2D eigenvalue weighted by Crippen LogP contribution is -2.23. The van der Waals surface area contributed by atoms with Gasteiger partial charge in [-0.2, -0.15) is 0 Å². The molecule has 19 heavy (non-hydrogen) atoms. The maximum Gasteiger partial charge on any atom is 0.0914 e. The van der Waals surface area contributed by atoms with Crippen molar-refractivity contribution in [3.63, 3.8) is 0 Å². The Balaban J connectivity index is 1.57. The number of aliphatic hydroxyl groups is 1. The number of hydrogen-bond donors (Lipinski definition) is 2. The van der Waals surface area contributed by atoms with E-state index in [9.17, 15) is 5.11 Å². The van der Waals surface area contributed by atoms with Crippen LogP contribution in [0.1, 0.15) is 68.1 Å². The van der Waals surface area contributed by atoms with E-state index in [0.29, 0.717) is 12.6 Å². The molecule has 1 atom stereocenters. The van der Waals surface area contributed by atoms with Crippen LogP contribution >= 0.6 is 0 Å². The standard InChI is InChI=1S/C17H25NO/c19-17(12-18-16-10-11-16)15-8-6-14(7-9-15)13-4-2-1-3-5-13/h6-9,13,16-19H,1-5,10-12H2. The second-order valence-electron chi connectivity index (χ2n) is 6.20. The van der Waals surface area contributed by atoms with E-state index in [1.54, 1.807) is 0 Å². The molecular formula is C17H25NO. The van der Waals surface area contributed by atoms with Gasteiger partial charge >= 0.3 is 0 Å². The van der Waals surface area contributed by atoms with Crippen LogP contribution in [0.5, 0.6) is 0 Å². The van der Waals surface area contributed by atoms with Crippen LogP contribution in [-0.4, -0.2) is 17.7 Å². The molecular weight excluding hydrogens is 234 g/mol. The maximum absolute atomic E-state index is 10.1. The highest BCUT2D eigenvalue weighted by atomic mass is 16.3. The van der Waals surface area contributed by atoms with Gasteiger partial charge in [-0.05, 0) is 42.7 Å². The van der Waals surface area contributed by atoms with Crippen LogP contribution in [-0.2, 0) is 0 Å². The van der Waals surface area contributed by atoms with Crippen molar-refractivity contribution < 1.29 is 5.11 Å².